The Morgan fingerprint density at radius 1 is 2.00 bits per heavy atom. The van der Waals surface area contributed by atoms with Gasteiger partial charge in [-0.15, -0.1) is 0 Å². The van der Waals surface area contributed by atoms with E-state index in [4.69, 9.17) is 5.41 Å². The van der Waals surface area contributed by atoms with Gasteiger partial charge in [0, 0.05) is 0 Å². The van der Waals surface area contributed by atoms with Gasteiger partial charge in [0.1, 0.15) is 0 Å². The van der Waals surface area contributed by atoms with Gasteiger partial charge in [-0.05, 0) is 29.5 Å². The lowest BCUT2D eigenvalue weighted by Crippen LogP contribution is -1.57. The van der Waals surface area contributed by atoms with Crippen molar-refractivity contribution in [3.8, 4) is 0 Å². The largest absolute Gasteiger partial charge is 0.299 e. The van der Waals surface area contributed by atoms with Crippen LogP contribution in [0.25, 0.3) is 0 Å². The molecule has 1 N–H and O–H groups in total. The third kappa shape index (κ3) is 29.4. The smallest absolute Gasteiger partial charge is 0.0663 e. The van der Waals surface area contributed by atoms with Crippen LogP contribution in [-0.2, 0) is 0 Å². The highest BCUT2D eigenvalue weighted by Crippen LogP contribution is 1.77. The van der Waals surface area contributed by atoms with Crippen LogP contribution in [0.5, 0.6) is 0 Å². The summed E-state index contributed by atoms with van der Waals surface area (Å²) in [7, 11) is 0. The van der Waals surface area contributed by atoms with Crippen LogP contribution in [0.15, 0.2) is 0 Å². The van der Waals surface area contributed by atoms with Crippen LogP contribution in [0.3, 0.4) is 0 Å². The Balaban J connectivity index is 2.80. The van der Waals surface area contributed by atoms with Crippen LogP contribution < -0.4 is 0 Å². The van der Waals surface area contributed by atoms with Crippen LogP contribution in [0.2, 0.25) is 0 Å². The Morgan fingerprint density at radius 2 is 2.00 bits per heavy atom. The number of halogens is 1. The highest BCUT2D eigenvalue weighted by atomic mass is 127. The number of nitrogens with one attached hydrogen (secondary N) is 1. The zero-order chi connectivity index (χ0) is 3.58. The second-order valence-corrected chi connectivity index (χ2v) is 2.15. The molecule has 0 unspecified atom stereocenters. The number of hydrogen-bond donors (Lipinski definition) is 1. The lowest BCUT2D eigenvalue weighted by molar-refractivity contribution is 1.54. The van der Waals surface area contributed by atoms with E-state index < -0.39 is 0 Å². The van der Waals surface area contributed by atoms with Crippen LogP contribution in [-0.4, -0.2) is 3.72 Å². The summed E-state index contributed by atoms with van der Waals surface area (Å²) in [6.07, 6.45) is 0. The van der Waals surface area contributed by atoms with Gasteiger partial charge in [0.25, 0.3) is 0 Å². The van der Waals surface area contributed by atoms with Gasteiger partial charge in [-0.25, -0.2) is 0 Å². The summed E-state index contributed by atoms with van der Waals surface area (Å²) in [6.45, 7) is 1.74. The summed E-state index contributed by atoms with van der Waals surface area (Å²) in [4.78, 5) is 0. The summed E-state index contributed by atoms with van der Waals surface area (Å²) in [5.74, 6) is 0. The molecule has 0 bridgehead atoms. The summed E-state index contributed by atoms with van der Waals surface area (Å²) in [6, 6.07) is 0. The molecule has 1 nitrogen and oxygen atoms in total. The molecule has 0 spiro atoms. The highest BCUT2D eigenvalue weighted by molar-refractivity contribution is 14.1. The lowest BCUT2D eigenvalue weighted by atomic mass is 10.9. The van der Waals surface area contributed by atoms with E-state index in [-0.39, 0.29) is 0 Å². The Bertz CT molecular complexity index is 29.0. The standard InChI is InChI=1S/C2H4IN/c1-2(3)4/h4H,1H3. The van der Waals surface area contributed by atoms with Crippen LogP contribution in [0, 0.1) is 5.41 Å². The van der Waals surface area contributed by atoms with Gasteiger partial charge in [0.2, 0.25) is 0 Å². The van der Waals surface area contributed by atoms with Crippen molar-refractivity contribution in [3.05, 3.63) is 0 Å². The molecule has 0 aromatic rings. The molecule has 4 heavy (non-hydrogen) atoms. The van der Waals surface area contributed by atoms with E-state index in [9.17, 15) is 0 Å². The maximum atomic E-state index is 6.49. The Hall–Kier alpha value is 0.400. The van der Waals surface area contributed by atoms with Gasteiger partial charge in [-0.3, -0.25) is 5.41 Å². The summed E-state index contributed by atoms with van der Waals surface area (Å²) in [5.41, 5.74) is 0. The normalized spacial score (nSPS) is 6.50. The van der Waals surface area contributed by atoms with Crippen molar-refractivity contribution in [1.29, 1.82) is 5.41 Å². The molecular formula is C2H4IN. The van der Waals surface area contributed by atoms with E-state index in [1.54, 1.807) is 6.92 Å². The molecule has 0 aromatic carbocycles. The van der Waals surface area contributed by atoms with Gasteiger partial charge >= 0.3 is 0 Å². The molecule has 0 aromatic heterocycles. The molecular weight excluding hydrogens is 165 g/mol. The second-order valence-electron chi connectivity index (χ2n) is 0.533. The molecule has 0 saturated heterocycles. The Morgan fingerprint density at radius 3 is 2.00 bits per heavy atom. The average Bonchev–Trinajstić information content (AvgIpc) is 0.811. The third-order valence-electron chi connectivity index (χ3n) is 0. The first-order valence-corrected chi connectivity index (χ1v) is 2.02. The van der Waals surface area contributed by atoms with Crippen molar-refractivity contribution < 1.29 is 0 Å². The Kier molecular flexibility index (Phi) is 1.86. The minimum atomic E-state index is 0.637. The molecule has 0 fully saturated rings. The maximum absolute atomic E-state index is 6.49. The third-order valence-corrected chi connectivity index (χ3v) is 0. The molecule has 0 atom stereocenters. The minimum absolute atomic E-state index is 0.637. The SMILES string of the molecule is CC(=N)I. The van der Waals surface area contributed by atoms with Crippen molar-refractivity contribution in [1.82, 2.24) is 0 Å². The fourth-order valence-corrected chi connectivity index (χ4v) is 0. The first-order valence-electron chi connectivity index (χ1n) is 0.939. The second kappa shape index (κ2) is 1.69. The van der Waals surface area contributed by atoms with Crippen molar-refractivity contribution in [2.75, 3.05) is 0 Å². The quantitative estimate of drug-likeness (QED) is 0.418. The average molecular weight is 169 g/mol. The highest BCUT2D eigenvalue weighted by Gasteiger charge is 1.58. The molecule has 0 amide bonds. The van der Waals surface area contributed by atoms with Gasteiger partial charge in [-0.1, -0.05) is 0 Å². The predicted molar refractivity (Wildman–Crippen MR) is 27.4 cm³/mol. The molecule has 2 heteroatoms. The molecule has 0 aliphatic carbocycles. The monoisotopic (exact) mass is 169 g/mol. The summed E-state index contributed by atoms with van der Waals surface area (Å²) >= 11 is 1.93. The summed E-state index contributed by atoms with van der Waals surface area (Å²) < 4.78 is 0.637. The zero-order valence-electron chi connectivity index (χ0n) is 2.38. The molecule has 0 saturated carbocycles. The summed E-state index contributed by atoms with van der Waals surface area (Å²) in [5, 5.41) is 6.49. The fraction of sp³-hybridized carbons (Fsp3) is 0.500. The topological polar surface area (TPSA) is 23.9 Å². The van der Waals surface area contributed by atoms with E-state index in [0.29, 0.717) is 3.72 Å². The van der Waals surface area contributed by atoms with Gasteiger partial charge in [0.05, 0.1) is 3.72 Å². The molecule has 0 aliphatic rings. The zero-order valence-corrected chi connectivity index (χ0v) is 4.54. The molecule has 0 rings (SSSR count). The van der Waals surface area contributed by atoms with Crippen molar-refractivity contribution in [2.24, 2.45) is 0 Å². The predicted octanol–water partition coefficient (Wildman–Crippen LogP) is 1.42. The van der Waals surface area contributed by atoms with Crippen molar-refractivity contribution >= 4 is 26.3 Å². The van der Waals surface area contributed by atoms with E-state index in [2.05, 4.69) is 0 Å². The van der Waals surface area contributed by atoms with Crippen molar-refractivity contribution in [2.45, 2.75) is 6.92 Å². The van der Waals surface area contributed by atoms with Crippen LogP contribution in [0.1, 0.15) is 6.92 Å². The Labute approximate surface area is 39.1 Å². The van der Waals surface area contributed by atoms with Gasteiger partial charge in [-0.2, -0.15) is 0 Å². The first kappa shape index (κ1) is 4.40. The minimum Gasteiger partial charge on any atom is -0.299 e. The first-order chi connectivity index (χ1) is 1.73. The number of hydrogen-bond acceptors (Lipinski definition) is 1. The number of rotatable bonds is 0. The fourth-order valence-electron chi connectivity index (χ4n) is 0. The van der Waals surface area contributed by atoms with E-state index in [1.807, 2.05) is 22.6 Å². The lowest BCUT2D eigenvalue weighted by Gasteiger charge is -1.59. The van der Waals surface area contributed by atoms with Crippen LogP contribution >= 0.6 is 22.6 Å². The van der Waals surface area contributed by atoms with E-state index >= 15 is 0 Å². The van der Waals surface area contributed by atoms with Crippen LogP contribution in [0.4, 0.5) is 0 Å². The van der Waals surface area contributed by atoms with Crippen molar-refractivity contribution in [3.63, 3.8) is 0 Å². The van der Waals surface area contributed by atoms with Gasteiger partial charge < -0.3 is 0 Å². The molecule has 0 aliphatic heterocycles. The maximum Gasteiger partial charge on any atom is 0.0663 e. The van der Waals surface area contributed by atoms with E-state index in [1.165, 1.54) is 0 Å². The molecule has 0 heterocycles. The van der Waals surface area contributed by atoms with E-state index in [0.717, 1.165) is 0 Å². The molecule has 24 valence electrons. The molecule has 0 radical (unpaired) electrons. The van der Waals surface area contributed by atoms with Gasteiger partial charge in [0.15, 0.2) is 0 Å².